The highest BCUT2D eigenvalue weighted by Gasteiger charge is 2.53. The molecule has 0 bridgehead atoms. The Hall–Kier alpha value is -1.66. The summed E-state index contributed by atoms with van der Waals surface area (Å²) >= 11 is 0. The van der Waals surface area contributed by atoms with Crippen LogP contribution in [-0.2, 0) is 9.31 Å². The van der Waals surface area contributed by atoms with E-state index in [9.17, 15) is 0 Å². The number of fused-ring (bicyclic) bond motifs is 1. The first-order chi connectivity index (χ1) is 10.2. The third-order valence-electron chi connectivity index (χ3n) is 4.60. The molecule has 0 radical (unpaired) electrons. The van der Waals surface area contributed by atoms with Crippen molar-refractivity contribution in [2.75, 3.05) is 19.0 Å². The van der Waals surface area contributed by atoms with Crippen LogP contribution in [0, 0.1) is 0 Å². The molecule has 2 heterocycles. The molecule has 0 amide bonds. The zero-order chi connectivity index (χ0) is 16.1. The van der Waals surface area contributed by atoms with E-state index < -0.39 is 7.12 Å². The molecule has 0 atom stereocenters. The minimum Gasteiger partial charge on any atom is -0.398 e. The van der Waals surface area contributed by atoms with Crippen molar-refractivity contribution in [1.29, 1.82) is 0 Å². The van der Waals surface area contributed by atoms with Crippen LogP contribution in [0.3, 0.4) is 0 Å². The molecule has 1 aliphatic heterocycles. The summed E-state index contributed by atoms with van der Waals surface area (Å²) in [6, 6.07) is 8.09. The fraction of sp³-hybridized carbons (Fsp3) is 0.500. The third kappa shape index (κ3) is 2.27. The van der Waals surface area contributed by atoms with Crippen LogP contribution in [0.2, 0.25) is 0 Å². The van der Waals surface area contributed by atoms with Crippen LogP contribution in [0.1, 0.15) is 27.7 Å². The van der Waals surface area contributed by atoms with Gasteiger partial charge in [0.25, 0.3) is 0 Å². The quantitative estimate of drug-likeness (QED) is 0.794. The smallest absolute Gasteiger partial charge is 0.398 e. The Labute approximate surface area is 131 Å². The van der Waals surface area contributed by atoms with Crippen molar-refractivity contribution in [3.05, 3.63) is 24.3 Å². The SMILES string of the molecule is CN(C)c1nnc(B2OC(C)(C)C(C)(C)O2)c2ccccc12. The Balaban J connectivity index is 2.12. The van der Waals surface area contributed by atoms with E-state index in [1.165, 1.54) is 0 Å². The number of benzene rings is 1. The van der Waals surface area contributed by atoms with Crippen LogP contribution in [-0.4, -0.2) is 42.6 Å². The maximum Gasteiger partial charge on any atom is 0.517 e. The summed E-state index contributed by atoms with van der Waals surface area (Å²) in [5, 5.41) is 10.8. The van der Waals surface area contributed by atoms with Crippen molar-refractivity contribution in [2.45, 2.75) is 38.9 Å². The molecule has 3 rings (SSSR count). The molecule has 1 aromatic heterocycles. The maximum absolute atomic E-state index is 6.12. The number of rotatable bonds is 2. The van der Waals surface area contributed by atoms with Crippen molar-refractivity contribution in [3.63, 3.8) is 0 Å². The first-order valence-electron chi connectivity index (χ1n) is 7.51. The van der Waals surface area contributed by atoms with E-state index in [4.69, 9.17) is 9.31 Å². The van der Waals surface area contributed by atoms with Crippen LogP contribution >= 0.6 is 0 Å². The molecule has 116 valence electrons. The van der Waals surface area contributed by atoms with Gasteiger partial charge in [-0.2, -0.15) is 5.10 Å². The number of anilines is 1. The molecule has 5 nitrogen and oxygen atoms in total. The fourth-order valence-electron chi connectivity index (χ4n) is 2.57. The van der Waals surface area contributed by atoms with Gasteiger partial charge in [0.05, 0.1) is 11.2 Å². The Bertz CT molecular complexity index is 700. The van der Waals surface area contributed by atoms with Gasteiger partial charge < -0.3 is 14.2 Å². The average Bonchev–Trinajstić information content (AvgIpc) is 2.65. The first kappa shape index (κ1) is 15.2. The molecule has 1 fully saturated rings. The van der Waals surface area contributed by atoms with Crippen LogP contribution in [0.15, 0.2) is 24.3 Å². The lowest BCUT2D eigenvalue weighted by Gasteiger charge is -2.32. The highest BCUT2D eigenvalue weighted by molar-refractivity contribution is 6.64. The van der Waals surface area contributed by atoms with Crippen molar-refractivity contribution < 1.29 is 9.31 Å². The summed E-state index contributed by atoms with van der Waals surface area (Å²) in [5.41, 5.74) is -0.0405. The molecule has 1 aliphatic rings. The monoisotopic (exact) mass is 299 g/mol. The minimum atomic E-state index is -0.501. The normalized spacial score (nSPS) is 19.6. The molecule has 0 aliphatic carbocycles. The highest BCUT2D eigenvalue weighted by Crippen LogP contribution is 2.37. The summed E-state index contributed by atoms with van der Waals surface area (Å²) in [4.78, 5) is 1.96. The van der Waals surface area contributed by atoms with Gasteiger partial charge in [-0.15, -0.1) is 5.10 Å². The molecule has 2 aromatic rings. The topological polar surface area (TPSA) is 47.5 Å². The zero-order valence-electron chi connectivity index (χ0n) is 14.0. The molecular weight excluding hydrogens is 277 g/mol. The number of hydrogen-bond acceptors (Lipinski definition) is 5. The molecule has 0 spiro atoms. The minimum absolute atomic E-state index is 0.388. The van der Waals surface area contributed by atoms with E-state index in [0.29, 0.717) is 0 Å². The van der Waals surface area contributed by atoms with E-state index >= 15 is 0 Å². The van der Waals surface area contributed by atoms with Crippen molar-refractivity contribution in [2.24, 2.45) is 0 Å². The second-order valence-corrected chi connectivity index (χ2v) is 6.94. The van der Waals surface area contributed by atoms with Crippen LogP contribution in [0.5, 0.6) is 0 Å². The number of hydrogen-bond donors (Lipinski definition) is 0. The third-order valence-corrected chi connectivity index (χ3v) is 4.60. The lowest BCUT2D eigenvalue weighted by Crippen LogP contribution is -2.41. The maximum atomic E-state index is 6.12. The Morgan fingerprint density at radius 1 is 0.909 bits per heavy atom. The number of aromatic nitrogens is 2. The predicted octanol–water partition coefficient (Wildman–Crippen LogP) is 1.99. The zero-order valence-corrected chi connectivity index (χ0v) is 14.0. The molecule has 22 heavy (non-hydrogen) atoms. The second-order valence-electron chi connectivity index (χ2n) is 6.94. The summed E-state index contributed by atoms with van der Waals surface area (Å²) < 4.78 is 12.2. The van der Waals surface area contributed by atoms with E-state index in [1.54, 1.807) is 0 Å². The molecular formula is C16H22BN3O2. The van der Waals surface area contributed by atoms with Gasteiger partial charge in [0.2, 0.25) is 0 Å². The van der Waals surface area contributed by atoms with E-state index in [1.807, 2.05) is 71.0 Å². The summed E-state index contributed by atoms with van der Waals surface area (Å²) in [6.07, 6.45) is 0. The van der Waals surface area contributed by atoms with Crippen LogP contribution in [0.4, 0.5) is 5.82 Å². The molecule has 6 heteroatoms. The van der Waals surface area contributed by atoms with E-state index in [-0.39, 0.29) is 11.2 Å². The molecule has 0 saturated carbocycles. The number of nitrogens with zero attached hydrogens (tertiary/aromatic N) is 3. The first-order valence-corrected chi connectivity index (χ1v) is 7.51. The Kier molecular flexibility index (Phi) is 3.42. The van der Waals surface area contributed by atoms with Gasteiger partial charge in [0.1, 0.15) is 5.59 Å². The summed E-state index contributed by atoms with van der Waals surface area (Å²) in [7, 11) is 3.43. The van der Waals surface area contributed by atoms with Gasteiger partial charge in [-0.3, -0.25) is 0 Å². The fourth-order valence-corrected chi connectivity index (χ4v) is 2.57. The van der Waals surface area contributed by atoms with Gasteiger partial charge in [-0.1, -0.05) is 24.3 Å². The molecule has 0 unspecified atom stereocenters. The van der Waals surface area contributed by atoms with Crippen molar-refractivity contribution >= 4 is 29.3 Å². The van der Waals surface area contributed by atoms with Gasteiger partial charge in [-0.25, -0.2) is 0 Å². The van der Waals surface area contributed by atoms with Gasteiger partial charge in [-0.05, 0) is 27.7 Å². The standard InChI is InChI=1S/C16H22BN3O2/c1-15(2)16(3,4)22-17(21-15)13-11-9-7-8-10-12(11)14(19-18-13)20(5)6/h7-10H,1-6H3. The Morgan fingerprint density at radius 2 is 1.45 bits per heavy atom. The summed E-state index contributed by atoms with van der Waals surface area (Å²) in [6.45, 7) is 8.15. The molecule has 1 saturated heterocycles. The van der Waals surface area contributed by atoms with Gasteiger partial charge >= 0.3 is 7.12 Å². The molecule has 1 aromatic carbocycles. The molecule has 0 N–H and O–H groups in total. The van der Waals surface area contributed by atoms with E-state index in [0.717, 1.165) is 22.2 Å². The lowest BCUT2D eigenvalue weighted by molar-refractivity contribution is 0.00578. The lowest BCUT2D eigenvalue weighted by atomic mass is 9.81. The van der Waals surface area contributed by atoms with E-state index in [2.05, 4.69) is 10.2 Å². The summed E-state index contributed by atoms with van der Waals surface area (Å²) in [5.74, 6) is 0.843. The van der Waals surface area contributed by atoms with Crippen molar-refractivity contribution in [3.8, 4) is 0 Å². The van der Waals surface area contributed by atoms with Gasteiger partial charge in [0, 0.05) is 24.9 Å². The average molecular weight is 299 g/mol. The van der Waals surface area contributed by atoms with Crippen molar-refractivity contribution in [1.82, 2.24) is 10.2 Å². The van der Waals surface area contributed by atoms with Crippen LogP contribution < -0.4 is 10.5 Å². The second kappa shape index (κ2) is 4.93. The Morgan fingerprint density at radius 3 is 2.00 bits per heavy atom. The van der Waals surface area contributed by atoms with Crippen LogP contribution in [0.25, 0.3) is 10.8 Å². The van der Waals surface area contributed by atoms with Gasteiger partial charge in [0.15, 0.2) is 5.82 Å². The largest absolute Gasteiger partial charge is 0.517 e. The predicted molar refractivity (Wildman–Crippen MR) is 89.6 cm³/mol. The highest BCUT2D eigenvalue weighted by atomic mass is 16.7.